The van der Waals surface area contributed by atoms with Gasteiger partial charge in [-0.1, -0.05) is 13.8 Å². The molecular formula is C7H14O. The van der Waals surface area contributed by atoms with Crippen molar-refractivity contribution in [1.82, 2.24) is 0 Å². The van der Waals surface area contributed by atoms with Crippen molar-refractivity contribution < 1.29 is 4.79 Å². The molecule has 0 bridgehead atoms. The number of hydrogen-bond donors (Lipinski definition) is 0. The topological polar surface area (TPSA) is 17.1 Å². The molecule has 1 fully saturated rings. The highest BCUT2D eigenvalue weighted by Gasteiger charge is 2.07. The third-order valence-electron chi connectivity index (χ3n) is 1.16. The fourth-order valence-corrected chi connectivity index (χ4v) is 0.769. The smallest absolute Gasteiger partial charge is 0.132 e. The van der Waals surface area contributed by atoms with Gasteiger partial charge in [-0.25, -0.2) is 0 Å². The minimum Gasteiger partial charge on any atom is -0.300 e. The van der Waals surface area contributed by atoms with E-state index < -0.39 is 0 Å². The molecule has 0 unspecified atom stereocenters. The maximum Gasteiger partial charge on any atom is 0.132 e. The second kappa shape index (κ2) is 4.82. The van der Waals surface area contributed by atoms with Gasteiger partial charge in [0.1, 0.15) is 5.78 Å². The maximum atomic E-state index is 10.2. The standard InChI is InChI=1S/C5H8O.C2H6/c6-5-3-1-2-4-5;1-2/h1-4H2;1-2H3. The van der Waals surface area contributed by atoms with Gasteiger partial charge >= 0.3 is 0 Å². The molecular weight excluding hydrogens is 100 g/mol. The van der Waals surface area contributed by atoms with Gasteiger partial charge in [0.2, 0.25) is 0 Å². The van der Waals surface area contributed by atoms with Crippen LogP contribution in [0.5, 0.6) is 0 Å². The van der Waals surface area contributed by atoms with Gasteiger partial charge in [0, 0.05) is 12.8 Å². The predicted molar refractivity (Wildman–Crippen MR) is 34.8 cm³/mol. The van der Waals surface area contributed by atoms with Gasteiger partial charge in [-0.2, -0.15) is 0 Å². The summed E-state index contributed by atoms with van der Waals surface area (Å²) in [5.74, 6) is 0.454. The molecule has 1 nitrogen and oxygen atoms in total. The largest absolute Gasteiger partial charge is 0.300 e. The fourth-order valence-electron chi connectivity index (χ4n) is 0.769. The molecule has 0 radical (unpaired) electrons. The van der Waals surface area contributed by atoms with E-state index in [1.807, 2.05) is 13.8 Å². The second-order valence-electron chi connectivity index (χ2n) is 1.75. The summed E-state index contributed by atoms with van der Waals surface area (Å²) in [6.07, 6.45) is 3.97. The van der Waals surface area contributed by atoms with Crippen LogP contribution in [0, 0.1) is 0 Å². The van der Waals surface area contributed by atoms with Crippen LogP contribution in [0.15, 0.2) is 0 Å². The van der Waals surface area contributed by atoms with Gasteiger partial charge < -0.3 is 0 Å². The Kier molecular flexibility index (Phi) is 4.62. The maximum absolute atomic E-state index is 10.2. The summed E-state index contributed by atoms with van der Waals surface area (Å²) < 4.78 is 0. The molecule has 0 atom stereocenters. The zero-order chi connectivity index (χ0) is 6.41. The summed E-state index contributed by atoms with van der Waals surface area (Å²) in [6.45, 7) is 4.00. The van der Waals surface area contributed by atoms with E-state index in [0.717, 1.165) is 25.7 Å². The fraction of sp³-hybridized carbons (Fsp3) is 0.857. The highest BCUT2D eigenvalue weighted by molar-refractivity contribution is 5.79. The summed E-state index contributed by atoms with van der Waals surface area (Å²) >= 11 is 0. The summed E-state index contributed by atoms with van der Waals surface area (Å²) in [4.78, 5) is 10.2. The summed E-state index contributed by atoms with van der Waals surface area (Å²) in [7, 11) is 0. The predicted octanol–water partition coefficient (Wildman–Crippen LogP) is 2.16. The molecule has 1 saturated carbocycles. The van der Waals surface area contributed by atoms with Crippen molar-refractivity contribution in [2.75, 3.05) is 0 Å². The lowest BCUT2D eigenvalue weighted by Gasteiger charge is -1.71. The minimum absolute atomic E-state index is 0.454. The van der Waals surface area contributed by atoms with Gasteiger partial charge in [0.05, 0.1) is 0 Å². The van der Waals surface area contributed by atoms with Crippen LogP contribution in [0.25, 0.3) is 0 Å². The van der Waals surface area contributed by atoms with E-state index in [2.05, 4.69) is 0 Å². The van der Waals surface area contributed by atoms with Gasteiger partial charge in [0.15, 0.2) is 0 Å². The van der Waals surface area contributed by atoms with Crippen LogP contribution in [0.2, 0.25) is 0 Å². The first kappa shape index (κ1) is 7.67. The number of carbonyl (C=O) groups is 1. The molecule has 1 heteroatoms. The van der Waals surface area contributed by atoms with E-state index in [4.69, 9.17) is 0 Å². The SMILES string of the molecule is CC.O=C1CCCC1. The average Bonchev–Trinajstić information content (AvgIpc) is 2.24. The van der Waals surface area contributed by atoms with Crippen molar-refractivity contribution in [3.05, 3.63) is 0 Å². The van der Waals surface area contributed by atoms with E-state index in [0.29, 0.717) is 5.78 Å². The molecule has 0 amide bonds. The van der Waals surface area contributed by atoms with Gasteiger partial charge in [-0.3, -0.25) is 4.79 Å². The Hall–Kier alpha value is -0.330. The minimum atomic E-state index is 0.454. The summed E-state index contributed by atoms with van der Waals surface area (Å²) in [6, 6.07) is 0. The van der Waals surface area contributed by atoms with E-state index in [1.165, 1.54) is 0 Å². The van der Waals surface area contributed by atoms with Crippen LogP contribution in [0.3, 0.4) is 0 Å². The Bertz CT molecular complexity index is 58.8. The first-order valence-corrected chi connectivity index (χ1v) is 3.41. The van der Waals surface area contributed by atoms with Gasteiger partial charge in [-0.15, -0.1) is 0 Å². The number of carbonyl (C=O) groups excluding carboxylic acids is 1. The third-order valence-corrected chi connectivity index (χ3v) is 1.16. The van der Waals surface area contributed by atoms with E-state index in [9.17, 15) is 4.79 Å². The molecule has 0 aromatic carbocycles. The third kappa shape index (κ3) is 2.78. The van der Waals surface area contributed by atoms with Crippen LogP contribution in [0.4, 0.5) is 0 Å². The Morgan fingerprint density at radius 3 is 1.62 bits per heavy atom. The molecule has 0 heterocycles. The number of Topliss-reactive ketones (excluding diaryl/α,β-unsaturated/α-hetero) is 1. The van der Waals surface area contributed by atoms with E-state index in [1.54, 1.807) is 0 Å². The molecule has 1 rings (SSSR count). The average molecular weight is 114 g/mol. The molecule has 0 aromatic heterocycles. The van der Waals surface area contributed by atoms with E-state index >= 15 is 0 Å². The molecule has 48 valence electrons. The molecule has 0 aliphatic heterocycles. The van der Waals surface area contributed by atoms with Gasteiger partial charge in [0.25, 0.3) is 0 Å². The first-order valence-electron chi connectivity index (χ1n) is 3.41. The van der Waals surface area contributed by atoms with Crippen molar-refractivity contribution in [3.63, 3.8) is 0 Å². The van der Waals surface area contributed by atoms with Crippen LogP contribution < -0.4 is 0 Å². The van der Waals surface area contributed by atoms with Crippen molar-refractivity contribution in [1.29, 1.82) is 0 Å². The molecule has 8 heavy (non-hydrogen) atoms. The monoisotopic (exact) mass is 114 g/mol. The van der Waals surface area contributed by atoms with Crippen LogP contribution in [0.1, 0.15) is 39.5 Å². The highest BCUT2D eigenvalue weighted by Crippen LogP contribution is 2.11. The molecule has 1 aliphatic carbocycles. The summed E-state index contributed by atoms with van der Waals surface area (Å²) in [5.41, 5.74) is 0. The molecule has 0 spiro atoms. The lowest BCUT2D eigenvalue weighted by atomic mass is 10.4. The Labute approximate surface area is 51.1 Å². The van der Waals surface area contributed by atoms with Gasteiger partial charge in [-0.05, 0) is 12.8 Å². The van der Waals surface area contributed by atoms with E-state index in [-0.39, 0.29) is 0 Å². The first-order chi connectivity index (χ1) is 3.89. The van der Waals surface area contributed by atoms with Crippen molar-refractivity contribution >= 4 is 5.78 Å². The lowest BCUT2D eigenvalue weighted by Crippen LogP contribution is -1.81. The Morgan fingerprint density at radius 1 is 1.12 bits per heavy atom. The second-order valence-corrected chi connectivity index (χ2v) is 1.75. The van der Waals surface area contributed by atoms with Crippen LogP contribution in [-0.4, -0.2) is 5.78 Å². The van der Waals surface area contributed by atoms with Crippen LogP contribution >= 0.6 is 0 Å². The normalized spacial score (nSPS) is 17.5. The number of ketones is 1. The van der Waals surface area contributed by atoms with Crippen LogP contribution in [-0.2, 0) is 4.79 Å². The number of hydrogen-bond acceptors (Lipinski definition) is 1. The van der Waals surface area contributed by atoms with Crippen molar-refractivity contribution in [2.24, 2.45) is 0 Å². The molecule has 0 saturated heterocycles. The summed E-state index contributed by atoms with van der Waals surface area (Å²) in [5, 5.41) is 0. The lowest BCUT2D eigenvalue weighted by molar-refractivity contribution is -0.117. The zero-order valence-electron chi connectivity index (χ0n) is 5.74. The Balaban J connectivity index is 0.000000222. The highest BCUT2D eigenvalue weighted by atomic mass is 16.1. The zero-order valence-corrected chi connectivity index (χ0v) is 5.74. The molecule has 0 N–H and O–H groups in total. The molecule has 0 aromatic rings. The number of rotatable bonds is 0. The molecule has 1 aliphatic rings. The van der Waals surface area contributed by atoms with Crippen molar-refractivity contribution in [3.8, 4) is 0 Å². The van der Waals surface area contributed by atoms with Crippen molar-refractivity contribution in [2.45, 2.75) is 39.5 Å². The Morgan fingerprint density at radius 2 is 1.50 bits per heavy atom. The quantitative estimate of drug-likeness (QED) is 0.471.